The van der Waals surface area contributed by atoms with E-state index >= 15 is 0 Å². The molecule has 5 atom stereocenters. The molecule has 0 fully saturated rings. The Morgan fingerprint density at radius 3 is 1.76 bits per heavy atom. The quantitative estimate of drug-likeness (QED) is 0.0889. The molecule has 2 aromatic rings. The normalized spacial score (nSPS) is 14.4. The Labute approximate surface area is 348 Å². The number of carbonyl (C=O) groups is 5. The Kier molecular flexibility index (Phi) is 20.6. The van der Waals surface area contributed by atoms with E-state index in [4.69, 9.17) is 9.47 Å². The minimum absolute atomic E-state index is 0.207. The van der Waals surface area contributed by atoms with Crippen LogP contribution in [0.5, 0.6) is 0 Å². The third-order valence-electron chi connectivity index (χ3n) is 9.92. The zero-order valence-corrected chi connectivity index (χ0v) is 37.2. The number of amides is 3. The highest BCUT2D eigenvalue weighted by Crippen LogP contribution is 2.23. The number of unbranched alkanes of at least 4 members (excludes halogenated alkanes) is 3. The zero-order valence-electron chi connectivity index (χ0n) is 37.2. The summed E-state index contributed by atoms with van der Waals surface area (Å²) in [6, 6.07) is 14.8. The van der Waals surface area contributed by atoms with Crippen molar-refractivity contribution in [3.8, 4) is 11.1 Å². The first-order valence-corrected chi connectivity index (χ1v) is 21.3. The summed E-state index contributed by atoms with van der Waals surface area (Å²) in [5.74, 6) is -3.71. The molecule has 58 heavy (non-hydrogen) atoms. The molecule has 0 saturated carbocycles. The molecule has 0 aliphatic carbocycles. The maximum Gasteiger partial charge on any atom is 0.410 e. The Morgan fingerprint density at radius 1 is 0.690 bits per heavy atom. The number of rotatable bonds is 24. The lowest BCUT2D eigenvalue weighted by molar-refractivity contribution is -0.143. The molecule has 0 bridgehead atoms. The van der Waals surface area contributed by atoms with Crippen LogP contribution in [0.4, 0.5) is 4.79 Å². The first-order chi connectivity index (χ1) is 27.1. The van der Waals surface area contributed by atoms with E-state index in [0.717, 1.165) is 42.4 Å². The minimum atomic E-state index is -1.11. The van der Waals surface area contributed by atoms with E-state index in [1.807, 2.05) is 60.6 Å². The molecule has 3 N–H and O–H groups in total. The number of hydrogen-bond acceptors (Lipinski definition) is 7. The molecule has 0 aliphatic heterocycles. The number of aliphatic carboxylic acids is 1. The fraction of sp³-hybridized carbons (Fsp3) is 0.638. The molecule has 11 heteroatoms. The molecule has 2 aromatic carbocycles. The number of carboxylic acid groups (broad SMARTS) is 1. The number of hydrogen-bond donors (Lipinski definition) is 3. The second-order valence-corrected chi connectivity index (χ2v) is 17.8. The predicted octanol–water partition coefficient (Wildman–Crippen LogP) is 9.28. The van der Waals surface area contributed by atoms with Gasteiger partial charge in [-0.25, -0.2) is 9.59 Å². The summed E-state index contributed by atoms with van der Waals surface area (Å²) in [7, 11) is 0. The fourth-order valence-electron chi connectivity index (χ4n) is 6.62. The number of benzene rings is 2. The van der Waals surface area contributed by atoms with Crippen LogP contribution in [0.3, 0.4) is 0 Å². The number of carboxylic acids is 1. The Balaban J connectivity index is 2.12. The first-order valence-electron chi connectivity index (χ1n) is 21.3. The summed E-state index contributed by atoms with van der Waals surface area (Å²) in [6.07, 6.45) is 5.72. The maximum absolute atomic E-state index is 13.7. The third-order valence-corrected chi connectivity index (χ3v) is 9.92. The molecule has 0 radical (unpaired) electrons. The van der Waals surface area contributed by atoms with Crippen LogP contribution in [0, 0.1) is 11.8 Å². The van der Waals surface area contributed by atoms with E-state index in [-0.39, 0.29) is 18.1 Å². The van der Waals surface area contributed by atoms with Gasteiger partial charge in [0.25, 0.3) is 0 Å². The van der Waals surface area contributed by atoms with E-state index in [9.17, 15) is 29.1 Å². The summed E-state index contributed by atoms with van der Waals surface area (Å²) in [6.45, 7) is 21.0. The van der Waals surface area contributed by atoms with Gasteiger partial charge in [0.2, 0.25) is 11.8 Å². The van der Waals surface area contributed by atoms with Crippen molar-refractivity contribution in [3.05, 3.63) is 59.7 Å². The van der Waals surface area contributed by atoms with Crippen molar-refractivity contribution < 1.29 is 38.6 Å². The van der Waals surface area contributed by atoms with Crippen molar-refractivity contribution >= 4 is 29.7 Å². The Morgan fingerprint density at radius 2 is 1.24 bits per heavy atom. The van der Waals surface area contributed by atoms with Crippen molar-refractivity contribution in [2.45, 2.75) is 176 Å². The fourth-order valence-corrected chi connectivity index (χ4v) is 6.62. The maximum atomic E-state index is 13.7. The van der Waals surface area contributed by atoms with E-state index in [1.165, 1.54) is 12.0 Å². The standard InChI is InChI=1S/C47H73N3O8/c1-12-14-16-20-39(44(54)55)48-43(53)33(4)30-40(51)41(34(5)57-46(6,7)8)49-42(52)32(3)18-17-29-50(45(56)58-47(9,10)11)31-36-23-27-38(28-24-36)37-25-21-35(22-26-37)19-15-13-2/h21-28,32-34,39,41H,12-20,29-31H2,1-11H3,(H,48,53)(H,49,52)(H,54,55)/t32-,33+,34+,39-,41-/m0/s1. The highest BCUT2D eigenvalue weighted by atomic mass is 16.6. The third kappa shape index (κ3) is 18.6. The molecule has 0 saturated heterocycles. The van der Waals surface area contributed by atoms with E-state index in [2.05, 4.69) is 54.0 Å². The van der Waals surface area contributed by atoms with Crippen LogP contribution in [-0.2, 0) is 41.6 Å². The van der Waals surface area contributed by atoms with Gasteiger partial charge in [-0.05, 0) is 103 Å². The second-order valence-electron chi connectivity index (χ2n) is 17.8. The molecule has 0 unspecified atom stereocenters. The van der Waals surface area contributed by atoms with Gasteiger partial charge in [-0.15, -0.1) is 0 Å². The monoisotopic (exact) mass is 808 g/mol. The number of nitrogens with one attached hydrogen (secondary N) is 2. The van der Waals surface area contributed by atoms with Crippen molar-refractivity contribution in [2.75, 3.05) is 6.54 Å². The largest absolute Gasteiger partial charge is 0.480 e. The van der Waals surface area contributed by atoms with Gasteiger partial charge in [-0.3, -0.25) is 14.4 Å². The molecule has 0 heterocycles. The van der Waals surface area contributed by atoms with E-state index in [1.54, 1.807) is 25.7 Å². The van der Waals surface area contributed by atoms with Gasteiger partial charge in [-0.1, -0.05) is 102 Å². The van der Waals surface area contributed by atoms with Gasteiger partial charge in [0.05, 0.1) is 11.7 Å². The van der Waals surface area contributed by atoms with Gasteiger partial charge < -0.3 is 30.1 Å². The van der Waals surface area contributed by atoms with E-state index < -0.39 is 59.2 Å². The number of nitrogens with zero attached hydrogens (tertiary/aromatic N) is 1. The van der Waals surface area contributed by atoms with Gasteiger partial charge in [-0.2, -0.15) is 0 Å². The minimum Gasteiger partial charge on any atom is -0.480 e. The summed E-state index contributed by atoms with van der Waals surface area (Å²) in [5.41, 5.74) is 3.21. The zero-order chi connectivity index (χ0) is 43.6. The second kappa shape index (κ2) is 24.0. The van der Waals surface area contributed by atoms with Crippen molar-refractivity contribution in [2.24, 2.45) is 11.8 Å². The van der Waals surface area contributed by atoms with Gasteiger partial charge in [0.1, 0.15) is 17.7 Å². The first kappa shape index (κ1) is 49.9. The van der Waals surface area contributed by atoms with Crippen LogP contribution in [-0.4, -0.2) is 75.6 Å². The van der Waals surface area contributed by atoms with Crippen LogP contribution < -0.4 is 10.6 Å². The van der Waals surface area contributed by atoms with Crippen LogP contribution in [0.25, 0.3) is 11.1 Å². The predicted molar refractivity (Wildman–Crippen MR) is 230 cm³/mol. The summed E-state index contributed by atoms with van der Waals surface area (Å²) in [4.78, 5) is 67.2. The number of Topliss-reactive ketones (excluding diaryl/α,β-unsaturated/α-hetero) is 1. The van der Waals surface area contributed by atoms with Crippen molar-refractivity contribution in [3.63, 3.8) is 0 Å². The average Bonchev–Trinajstić information content (AvgIpc) is 3.14. The lowest BCUT2D eigenvalue weighted by Crippen LogP contribution is -2.52. The van der Waals surface area contributed by atoms with Gasteiger partial charge in [0.15, 0.2) is 5.78 Å². The molecule has 0 aromatic heterocycles. The van der Waals surface area contributed by atoms with Crippen LogP contribution in [0.15, 0.2) is 48.5 Å². The van der Waals surface area contributed by atoms with Crippen molar-refractivity contribution in [1.82, 2.24) is 15.5 Å². The highest BCUT2D eigenvalue weighted by molar-refractivity contribution is 5.94. The molecule has 3 amide bonds. The molecule has 0 aliphatic rings. The van der Waals surface area contributed by atoms with Gasteiger partial charge in [0, 0.05) is 31.3 Å². The Bertz CT molecular complexity index is 1590. The van der Waals surface area contributed by atoms with Crippen LogP contribution >= 0.6 is 0 Å². The molecular formula is C47H73N3O8. The molecule has 2 rings (SSSR count). The smallest absolute Gasteiger partial charge is 0.410 e. The summed E-state index contributed by atoms with van der Waals surface area (Å²) < 4.78 is 11.9. The van der Waals surface area contributed by atoms with Gasteiger partial charge >= 0.3 is 12.1 Å². The molecular weight excluding hydrogens is 735 g/mol. The molecule has 11 nitrogen and oxygen atoms in total. The lowest BCUT2D eigenvalue weighted by Gasteiger charge is -2.32. The van der Waals surface area contributed by atoms with Crippen LogP contribution in [0.2, 0.25) is 0 Å². The number of ether oxygens (including phenoxy) is 2. The molecule has 0 spiro atoms. The lowest BCUT2D eigenvalue weighted by atomic mass is 9.94. The van der Waals surface area contributed by atoms with E-state index in [0.29, 0.717) is 38.8 Å². The number of aryl methyl sites for hydroxylation is 1. The average molecular weight is 808 g/mol. The van der Waals surface area contributed by atoms with Crippen molar-refractivity contribution in [1.29, 1.82) is 0 Å². The molecule has 324 valence electrons. The SMILES string of the molecule is CCCCC[C@H](NC(=O)[C@H](C)CC(=O)[C@@H](NC(=O)[C@@H](C)CCCN(Cc1ccc(-c2ccc(CCCC)cc2)cc1)C(=O)OC(C)(C)C)[C@@H](C)OC(C)(C)C)C(=O)O. The van der Waals surface area contributed by atoms with Crippen LogP contribution in [0.1, 0.15) is 145 Å². The number of carbonyl (C=O) groups excluding carboxylic acids is 4. The summed E-state index contributed by atoms with van der Waals surface area (Å²) >= 11 is 0. The topological polar surface area (TPSA) is 151 Å². The number of ketones is 1. The Hall–Kier alpha value is -4.25. The summed E-state index contributed by atoms with van der Waals surface area (Å²) in [5, 5.41) is 15.1. The highest BCUT2D eigenvalue weighted by Gasteiger charge is 2.34.